The van der Waals surface area contributed by atoms with Gasteiger partial charge in [-0.15, -0.1) is 11.3 Å². The van der Waals surface area contributed by atoms with Gasteiger partial charge in [-0.1, -0.05) is 24.3 Å². The highest BCUT2D eigenvalue weighted by Crippen LogP contribution is 2.35. The van der Waals surface area contributed by atoms with Gasteiger partial charge in [0.1, 0.15) is 11.5 Å². The molecule has 0 bridgehead atoms. The van der Waals surface area contributed by atoms with Crippen molar-refractivity contribution in [2.24, 2.45) is 0 Å². The second-order valence-corrected chi connectivity index (χ2v) is 11.0. The molecule has 8 heteroatoms. The molecule has 3 N–H and O–H groups in total. The molecule has 3 rings (SSSR count). The summed E-state index contributed by atoms with van der Waals surface area (Å²) in [7, 11) is -2.23. The minimum Gasteiger partial charge on any atom is -0.497 e. The van der Waals surface area contributed by atoms with E-state index in [1.165, 1.54) is 5.56 Å². The average Bonchev–Trinajstić information content (AvgIpc) is 3.36. The van der Waals surface area contributed by atoms with Crippen LogP contribution in [0.1, 0.15) is 36.8 Å². The molecular weight excluding hydrogens is 469 g/mol. The van der Waals surface area contributed by atoms with Crippen LogP contribution in [0.2, 0.25) is 0 Å². The van der Waals surface area contributed by atoms with E-state index in [1.807, 2.05) is 30.3 Å². The van der Waals surface area contributed by atoms with Crippen LogP contribution in [-0.4, -0.2) is 36.2 Å². The Morgan fingerprint density at radius 1 is 0.971 bits per heavy atom. The molecule has 0 unspecified atom stereocenters. The smallest absolute Gasteiger partial charge is 0.325 e. The summed E-state index contributed by atoms with van der Waals surface area (Å²) in [5.41, 5.74) is 3.50. The van der Waals surface area contributed by atoms with E-state index in [2.05, 4.69) is 35.0 Å². The normalized spacial score (nSPS) is 11.5. The maximum absolute atomic E-state index is 11.0. The van der Waals surface area contributed by atoms with Crippen LogP contribution in [-0.2, 0) is 17.5 Å². The molecule has 0 aliphatic rings. The van der Waals surface area contributed by atoms with Gasteiger partial charge in [-0.25, -0.2) is 0 Å². The summed E-state index contributed by atoms with van der Waals surface area (Å²) in [6.45, 7) is 1.88. The zero-order valence-electron chi connectivity index (χ0n) is 19.6. The fraction of sp³-hybridized carbons (Fsp3) is 0.385. The van der Waals surface area contributed by atoms with Crippen molar-refractivity contribution in [1.29, 1.82) is 0 Å². The highest BCUT2D eigenvalue weighted by atomic mass is 32.1. The standard InChI is InChI=1S/C26H34NO5PS/c1-31-23-10-5-9-21(18-23)8-3-2-4-15-32-25-13-12-22(19-24(25)26-11-6-17-34-26)20-27-14-7-16-33(28,29)30/h5-6,9-13,17-19,27H,2-4,7-8,14-16,20H2,1H3,(H2,28,29,30). The summed E-state index contributed by atoms with van der Waals surface area (Å²) in [6, 6.07) is 18.6. The van der Waals surface area contributed by atoms with Gasteiger partial charge in [-0.2, -0.15) is 0 Å². The third-order valence-electron chi connectivity index (χ3n) is 5.46. The molecule has 0 spiro atoms. The maximum atomic E-state index is 11.0. The largest absolute Gasteiger partial charge is 0.497 e. The van der Waals surface area contributed by atoms with Crippen molar-refractivity contribution in [3.8, 4) is 21.9 Å². The van der Waals surface area contributed by atoms with Gasteiger partial charge in [0.2, 0.25) is 0 Å². The quantitative estimate of drug-likeness (QED) is 0.178. The van der Waals surface area contributed by atoms with Crippen LogP contribution >= 0.6 is 18.9 Å². The Balaban J connectivity index is 1.47. The topological polar surface area (TPSA) is 88.0 Å². The molecule has 3 aromatic rings. The molecule has 6 nitrogen and oxygen atoms in total. The Morgan fingerprint density at radius 3 is 2.62 bits per heavy atom. The molecule has 0 saturated heterocycles. The summed E-state index contributed by atoms with van der Waals surface area (Å²) in [4.78, 5) is 19.1. The molecule has 34 heavy (non-hydrogen) atoms. The van der Waals surface area contributed by atoms with Crippen molar-refractivity contribution in [2.45, 2.75) is 38.6 Å². The monoisotopic (exact) mass is 503 g/mol. The van der Waals surface area contributed by atoms with Gasteiger partial charge in [0.15, 0.2) is 0 Å². The van der Waals surface area contributed by atoms with E-state index in [1.54, 1.807) is 18.4 Å². The van der Waals surface area contributed by atoms with E-state index in [9.17, 15) is 4.57 Å². The lowest BCUT2D eigenvalue weighted by Gasteiger charge is -2.13. The van der Waals surface area contributed by atoms with Crippen LogP contribution in [0.15, 0.2) is 60.0 Å². The molecule has 0 saturated carbocycles. The van der Waals surface area contributed by atoms with Crippen LogP contribution in [0.4, 0.5) is 0 Å². The molecule has 0 fully saturated rings. The van der Waals surface area contributed by atoms with E-state index in [-0.39, 0.29) is 6.16 Å². The average molecular weight is 504 g/mol. The number of unbranched alkanes of at least 4 members (excludes halogenated alkanes) is 2. The van der Waals surface area contributed by atoms with Crippen LogP contribution < -0.4 is 14.8 Å². The second-order valence-electron chi connectivity index (χ2n) is 8.24. The number of aryl methyl sites for hydroxylation is 1. The highest BCUT2D eigenvalue weighted by molar-refractivity contribution is 7.51. The Hall–Kier alpha value is -2.15. The van der Waals surface area contributed by atoms with Crippen molar-refractivity contribution < 1.29 is 23.8 Å². The number of hydrogen-bond acceptors (Lipinski definition) is 5. The lowest BCUT2D eigenvalue weighted by molar-refractivity contribution is 0.306. The van der Waals surface area contributed by atoms with E-state index >= 15 is 0 Å². The van der Waals surface area contributed by atoms with E-state index in [0.717, 1.165) is 53.2 Å². The fourth-order valence-electron chi connectivity index (χ4n) is 3.70. The Bertz CT molecular complexity index is 1050. The van der Waals surface area contributed by atoms with E-state index in [0.29, 0.717) is 26.1 Å². The van der Waals surface area contributed by atoms with Crippen LogP contribution in [0.25, 0.3) is 10.4 Å². The van der Waals surface area contributed by atoms with Crippen molar-refractivity contribution in [3.63, 3.8) is 0 Å². The zero-order valence-corrected chi connectivity index (χ0v) is 21.3. The first-order valence-corrected chi connectivity index (χ1v) is 14.3. The molecule has 1 heterocycles. The summed E-state index contributed by atoms with van der Waals surface area (Å²) in [6.07, 6.45) is 4.60. The predicted molar refractivity (Wildman–Crippen MR) is 139 cm³/mol. The van der Waals surface area contributed by atoms with E-state index in [4.69, 9.17) is 19.3 Å². The van der Waals surface area contributed by atoms with Gasteiger partial charge >= 0.3 is 7.60 Å². The summed E-state index contributed by atoms with van der Waals surface area (Å²) < 4.78 is 22.4. The number of methoxy groups -OCH3 is 1. The lowest BCUT2D eigenvalue weighted by atomic mass is 10.1. The lowest BCUT2D eigenvalue weighted by Crippen LogP contribution is -2.15. The Morgan fingerprint density at radius 2 is 1.85 bits per heavy atom. The van der Waals surface area contributed by atoms with Crippen LogP contribution in [0, 0.1) is 0 Å². The molecule has 0 atom stereocenters. The molecule has 0 amide bonds. The minimum absolute atomic E-state index is 0.0905. The van der Waals surface area contributed by atoms with Gasteiger partial charge in [-0.3, -0.25) is 4.57 Å². The fourth-order valence-corrected chi connectivity index (χ4v) is 5.02. The minimum atomic E-state index is -3.92. The first-order valence-electron chi connectivity index (χ1n) is 11.6. The molecular formula is C26H34NO5PS. The number of thiophene rings is 1. The number of ether oxygens (including phenoxy) is 2. The second kappa shape index (κ2) is 13.7. The van der Waals surface area contributed by atoms with E-state index < -0.39 is 7.60 Å². The van der Waals surface area contributed by atoms with Crippen molar-refractivity contribution in [2.75, 3.05) is 26.4 Å². The highest BCUT2D eigenvalue weighted by Gasteiger charge is 2.12. The van der Waals surface area contributed by atoms with Crippen molar-refractivity contribution >= 4 is 18.9 Å². The third kappa shape index (κ3) is 9.24. The number of rotatable bonds is 15. The molecule has 0 aliphatic carbocycles. The Labute approximate surface area is 206 Å². The van der Waals surface area contributed by atoms with Gasteiger partial charge < -0.3 is 24.6 Å². The maximum Gasteiger partial charge on any atom is 0.325 e. The zero-order chi connectivity index (χ0) is 24.2. The molecule has 2 aromatic carbocycles. The van der Waals surface area contributed by atoms with Gasteiger partial charge in [0.25, 0.3) is 0 Å². The summed E-state index contributed by atoms with van der Waals surface area (Å²) in [5, 5.41) is 5.32. The van der Waals surface area contributed by atoms with Crippen molar-refractivity contribution in [1.82, 2.24) is 5.32 Å². The van der Waals surface area contributed by atoms with Gasteiger partial charge in [0, 0.05) is 17.0 Å². The number of hydrogen-bond donors (Lipinski definition) is 3. The first-order chi connectivity index (χ1) is 16.4. The molecule has 184 valence electrons. The SMILES string of the molecule is COc1cccc(CCCCCOc2ccc(CNCCCP(=O)(O)O)cc2-c2cccs2)c1. The molecule has 1 aromatic heterocycles. The number of benzene rings is 2. The van der Waals surface area contributed by atoms with Crippen LogP contribution in [0.5, 0.6) is 11.5 Å². The molecule has 0 radical (unpaired) electrons. The van der Waals surface area contributed by atoms with Gasteiger partial charge in [0.05, 0.1) is 19.9 Å². The third-order valence-corrected chi connectivity index (χ3v) is 7.27. The summed E-state index contributed by atoms with van der Waals surface area (Å²) >= 11 is 1.68. The summed E-state index contributed by atoms with van der Waals surface area (Å²) in [5.74, 6) is 1.79. The van der Waals surface area contributed by atoms with Crippen molar-refractivity contribution in [3.05, 3.63) is 71.1 Å². The first kappa shape index (κ1) is 26.5. The van der Waals surface area contributed by atoms with Gasteiger partial charge in [-0.05, 0) is 85.5 Å². The predicted octanol–water partition coefficient (Wildman–Crippen LogP) is 5.87. The Kier molecular flexibility index (Phi) is 10.6. The molecule has 0 aliphatic heterocycles. The number of nitrogens with one attached hydrogen (secondary N) is 1. The van der Waals surface area contributed by atoms with Crippen LogP contribution in [0.3, 0.4) is 0 Å².